The van der Waals surface area contributed by atoms with Crippen LogP contribution in [0.1, 0.15) is 5.56 Å². The summed E-state index contributed by atoms with van der Waals surface area (Å²) in [4.78, 5) is 0. The van der Waals surface area contributed by atoms with Crippen molar-refractivity contribution in [2.45, 2.75) is 6.92 Å². The summed E-state index contributed by atoms with van der Waals surface area (Å²) in [5, 5.41) is 54.3. The third-order valence-corrected chi connectivity index (χ3v) is 11.3. The fourth-order valence-electron chi connectivity index (χ4n) is 8.54. The first-order chi connectivity index (χ1) is 26.9. The molecule has 10 aromatic carbocycles. The van der Waals surface area contributed by atoms with Crippen LogP contribution in [0.15, 0.2) is 164 Å². The van der Waals surface area contributed by atoms with Crippen molar-refractivity contribution in [1.29, 1.82) is 0 Å². The Morgan fingerprint density at radius 2 is 0.745 bits per heavy atom. The SMILES string of the molecule is Cc1c(O)c(O)c(O)c(-c2c3ccccc3c(-c3ccc(-c4ccc(-c5cc6c7ccccc7ccc6c6ccccc56)cc4)cc3)c3ccccc23)c1O. The summed E-state index contributed by atoms with van der Waals surface area (Å²) >= 11 is 0. The van der Waals surface area contributed by atoms with E-state index in [9.17, 15) is 20.4 Å². The molecule has 0 atom stereocenters. The van der Waals surface area contributed by atoms with Crippen LogP contribution in [0.2, 0.25) is 0 Å². The number of phenols is 4. The minimum absolute atomic E-state index is 0.0792. The predicted octanol–water partition coefficient (Wildman–Crippen LogP) is 13.3. The van der Waals surface area contributed by atoms with Crippen LogP contribution in [0.5, 0.6) is 23.0 Å². The fourth-order valence-corrected chi connectivity index (χ4v) is 8.54. The Morgan fingerprint density at radius 1 is 0.291 bits per heavy atom. The van der Waals surface area contributed by atoms with Crippen molar-refractivity contribution in [3.8, 4) is 67.5 Å². The van der Waals surface area contributed by atoms with Gasteiger partial charge in [0.25, 0.3) is 0 Å². The third-order valence-electron chi connectivity index (χ3n) is 11.3. The molecule has 0 bridgehead atoms. The van der Waals surface area contributed by atoms with Gasteiger partial charge in [-0.3, -0.25) is 0 Å². The smallest absolute Gasteiger partial charge is 0.201 e. The van der Waals surface area contributed by atoms with Crippen LogP contribution >= 0.6 is 0 Å². The van der Waals surface area contributed by atoms with E-state index < -0.39 is 17.2 Å². The highest BCUT2D eigenvalue weighted by Crippen LogP contribution is 2.55. The third kappa shape index (κ3) is 4.92. The summed E-state index contributed by atoms with van der Waals surface area (Å²) < 4.78 is 0. The topological polar surface area (TPSA) is 80.9 Å². The Labute approximate surface area is 317 Å². The molecule has 0 fully saturated rings. The largest absolute Gasteiger partial charge is 0.507 e. The Balaban J connectivity index is 1.08. The van der Waals surface area contributed by atoms with Crippen molar-refractivity contribution in [3.63, 3.8) is 0 Å². The Kier molecular flexibility index (Phi) is 7.29. The van der Waals surface area contributed by atoms with E-state index in [4.69, 9.17) is 0 Å². The van der Waals surface area contributed by atoms with E-state index in [1.165, 1.54) is 50.4 Å². The van der Waals surface area contributed by atoms with Crippen molar-refractivity contribution >= 4 is 53.9 Å². The van der Waals surface area contributed by atoms with Gasteiger partial charge >= 0.3 is 0 Å². The van der Waals surface area contributed by atoms with Gasteiger partial charge in [0.15, 0.2) is 11.5 Å². The monoisotopic (exact) mass is 710 g/mol. The van der Waals surface area contributed by atoms with Crippen molar-refractivity contribution < 1.29 is 20.4 Å². The van der Waals surface area contributed by atoms with Crippen LogP contribution in [0, 0.1) is 6.92 Å². The van der Waals surface area contributed by atoms with Crippen LogP contribution < -0.4 is 0 Å². The van der Waals surface area contributed by atoms with Gasteiger partial charge in [0.05, 0.1) is 5.56 Å². The summed E-state index contributed by atoms with van der Waals surface area (Å²) in [6.45, 7) is 1.51. The first kappa shape index (κ1) is 32.4. The average Bonchev–Trinajstić information content (AvgIpc) is 3.24. The van der Waals surface area contributed by atoms with E-state index in [2.05, 4.69) is 115 Å². The summed E-state index contributed by atoms with van der Waals surface area (Å²) in [5.74, 6) is -2.06. The van der Waals surface area contributed by atoms with Crippen LogP contribution in [-0.4, -0.2) is 20.4 Å². The van der Waals surface area contributed by atoms with E-state index in [0.717, 1.165) is 43.8 Å². The number of aromatic hydroxyl groups is 4. The molecule has 4 heteroatoms. The predicted molar refractivity (Wildman–Crippen MR) is 227 cm³/mol. The molecule has 0 aromatic heterocycles. The molecule has 0 aliphatic carbocycles. The molecule has 0 spiro atoms. The lowest BCUT2D eigenvalue weighted by molar-refractivity contribution is 0.360. The zero-order valence-electron chi connectivity index (χ0n) is 29.9. The maximum absolute atomic E-state index is 11.3. The average molecular weight is 711 g/mol. The lowest BCUT2D eigenvalue weighted by Crippen LogP contribution is -1.93. The number of phenolic OH excluding ortho intramolecular Hbond substituents is 4. The second-order valence-corrected chi connectivity index (χ2v) is 14.2. The van der Waals surface area contributed by atoms with Crippen LogP contribution in [0.3, 0.4) is 0 Å². The van der Waals surface area contributed by atoms with E-state index in [0.29, 0.717) is 5.56 Å². The Morgan fingerprint density at radius 3 is 1.35 bits per heavy atom. The molecule has 10 rings (SSSR count). The fraction of sp³-hybridized carbons (Fsp3) is 0.0196. The number of fused-ring (bicyclic) bond motifs is 7. The van der Waals surface area contributed by atoms with Gasteiger partial charge in [0.1, 0.15) is 5.75 Å². The van der Waals surface area contributed by atoms with E-state index in [1.807, 2.05) is 48.5 Å². The first-order valence-electron chi connectivity index (χ1n) is 18.3. The second-order valence-electron chi connectivity index (χ2n) is 14.2. The quantitative estimate of drug-likeness (QED) is 0.0634. The van der Waals surface area contributed by atoms with Gasteiger partial charge in [0.2, 0.25) is 5.75 Å². The minimum Gasteiger partial charge on any atom is -0.507 e. The summed E-state index contributed by atoms with van der Waals surface area (Å²) in [6.07, 6.45) is 0. The lowest BCUT2D eigenvalue weighted by atomic mass is 9.84. The van der Waals surface area contributed by atoms with E-state index >= 15 is 0 Å². The van der Waals surface area contributed by atoms with Crippen molar-refractivity contribution in [2.24, 2.45) is 0 Å². The molecule has 0 heterocycles. The van der Waals surface area contributed by atoms with Gasteiger partial charge < -0.3 is 20.4 Å². The van der Waals surface area contributed by atoms with Crippen LogP contribution in [0.4, 0.5) is 0 Å². The van der Waals surface area contributed by atoms with Gasteiger partial charge in [-0.05, 0) is 100 Å². The maximum atomic E-state index is 11.3. The molecule has 55 heavy (non-hydrogen) atoms. The van der Waals surface area contributed by atoms with Gasteiger partial charge in [-0.25, -0.2) is 0 Å². The number of benzene rings is 10. The van der Waals surface area contributed by atoms with Gasteiger partial charge in [-0.1, -0.05) is 158 Å². The summed E-state index contributed by atoms with van der Waals surface area (Å²) in [7, 11) is 0. The molecule has 0 radical (unpaired) electrons. The van der Waals surface area contributed by atoms with Gasteiger partial charge in [-0.2, -0.15) is 0 Å². The number of rotatable bonds is 4. The molecule has 0 saturated carbocycles. The molecular formula is C51H34O4. The highest BCUT2D eigenvalue weighted by molar-refractivity contribution is 6.23. The Hall–Kier alpha value is -7.30. The minimum atomic E-state index is -0.662. The van der Waals surface area contributed by atoms with Gasteiger partial charge in [-0.15, -0.1) is 0 Å². The molecule has 10 aromatic rings. The van der Waals surface area contributed by atoms with Crippen LogP contribution in [-0.2, 0) is 0 Å². The summed E-state index contributed by atoms with van der Waals surface area (Å²) in [6, 6.07) is 57.2. The molecule has 0 unspecified atom stereocenters. The molecule has 0 amide bonds. The highest BCUT2D eigenvalue weighted by Gasteiger charge is 2.26. The normalized spacial score (nSPS) is 11.7. The molecule has 4 nitrogen and oxygen atoms in total. The second kappa shape index (κ2) is 12.4. The molecule has 4 N–H and O–H groups in total. The van der Waals surface area contributed by atoms with Crippen molar-refractivity contribution in [1.82, 2.24) is 0 Å². The Bertz CT molecular complexity index is 3090. The lowest BCUT2D eigenvalue weighted by Gasteiger charge is -2.20. The van der Waals surface area contributed by atoms with Crippen LogP contribution in [0.25, 0.3) is 98.4 Å². The first-order valence-corrected chi connectivity index (χ1v) is 18.3. The molecular weight excluding hydrogens is 677 g/mol. The van der Waals surface area contributed by atoms with Crippen molar-refractivity contribution in [2.75, 3.05) is 0 Å². The molecule has 262 valence electrons. The van der Waals surface area contributed by atoms with Gasteiger partial charge in [0, 0.05) is 11.1 Å². The standard InChI is InChI=1S/C51H34O4/c1-29-48(52)47(50(54)51(55)49(29)53)46-41-16-8-6-14-39(41)45(40-15-7-9-17-42(40)46)34-24-20-31(21-25-34)30-18-22-33(23-19-30)43-28-44-35-11-3-2-10-32(35)26-27-38(44)36-12-4-5-13-37(36)43/h2-28,52-55H,1H3. The van der Waals surface area contributed by atoms with E-state index in [1.54, 1.807) is 0 Å². The summed E-state index contributed by atoms with van der Waals surface area (Å²) in [5.41, 5.74) is 7.37. The molecule has 0 saturated heterocycles. The molecule has 0 aliphatic rings. The van der Waals surface area contributed by atoms with E-state index in [-0.39, 0.29) is 16.9 Å². The number of hydrogen-bond donors (Lipinski definition) is 4. The number of hydrogen-bond acceptors (Lipinski definition) is 4. The zero-order chi connectivity index (χ0) is 37.4. The highest BCUT2D eigenvalue weighted by atomic mass is 16.3. The zero-order valence-corrected chi connectivity index (χ0v) is 29.9. The maximum Gasteiger partial charge on any atom is 0.201 e. The van der Waals surface area contributed by atoms with Crippen molar-refractivity contribution in [3.05, 3.63) is 169 Å². The molecule has 0 aliphatic heterocycles.